The lowest BCUT2D eigenvalue weighted by atomic mass is 10.3. The van der Waals surface area contributed by atoms with E-state index in [1.165, 1.54) is 6.20 Å². The average molecular weight is 349 g/mol. The van der Waals surface area contributed by atoms with Crippen LogP contribution in [0.25, 0.3) is 0 Å². The molecule has 0 unspecified atom stereocenters. The van der Waals surface area contributed by atoms with Gasteiger partial charge in [-0.15, -0.1) is 0 Å². The standard InChI is InChI=1S/C17H23N3O3S/c1-4-11-24(21,22)20-15-7-10-17(18-12-15)19-14-5-8-16(9-6-14)23-13(2)3/h5-10,12-13,20H,4,11H2,1-3H3,(H,18,19). The molecule has 24 heavy (non-hydrogen) atoms. The quantitative estimate of drug-likeness (QED) is 0.758. The SMILES string of the molecule is CCCS(=O)(=O)Nc1ccc(Nc2ccc(OC(C)C)cc2)nc1. The number of hydrogen-bond acceptors (Lipinski definition) is 5. The molecule has 0 aliphatic heterocycles. The predicted octanol–water partition coefficient (Wildman–Crippen LogP) is 3.76. The minimum Gasteiger partial charge on any atom is -0.491 e. The number of rotatable bonds is 8. The molecule has 0 aliphatic rings. The summed E-state index contributed by atoms with van der Waals surface area (Å²) in [5.41, 5.74) is 1.33. The molecule has 1 heterocycles. The molecular formula is C17H23N3O3S. The van der Waals surface area contributed by atoms with Crippen molar-refractivity contribution in [1.82, 2.24) is 4.98 Å². The molecule has 2 N–H and O–H groups in total. The number of ether oxygens (including phenoxy) is 1. The Kier molecular flexibility index (Phi) is 6.03. The summed E-state index contributed by atoms with van der Waals surface area (Å²) >= 11 is 0. The number of pyridine rings is 1. The van der Waals surface area contributed by atoms with Crippen LogP contribution < -0.4 is 14.8 Å². The van der Waals surface area contributed by atoms with Crippen molar-refractivity contribution in [3.05, 3.63) is 42.6 Å². The van der Waals surface area contributed by atoms with Crippen LogP contribution in [-0.2, 0) is 10.0 Å². The second-order valence-corrected chi connectivity index (χ2v) is 7.51. The summed E-state index contributed by atoms with van der Waals surface area (Å²) in [5.74, 6) is 1.53. The van der Waals surface area contributed by atoms with Crippen molar-refractivity contribution in [3.8, 4) is 5.75 Å². The zero-order valence-electron chi connectivity index (χ0n) is 14.1. The van der Waals surface area contributed by atoms with Crippen LogP contribution in [0.5, 0.6) is 5.75 Å². The summed E-state index contributed by atoms with van der Waals surface area (Å²) in [6.07, 6.45) is 2.19. The monoisotopic (exact) mass is 349 g/mol. The maximum absolute atomic E-state index is 11.7. The van der Waals surface area contributed by atoms with Crippen LogP contribution in [0.1, 0.15) is 27.2 Å². The molecule has 0 radical (unpaired) electrons. The fraction of sp³-hybridized carbons (Fsp3) is 0.353. The van der Waals surface area contributed by atoms with Crippen LogP contribution >= 0.6 is 0 Å². The van der Waals surface area contributed by atoms with Gasteiger partial charge in [0.25, 0.3) is 0 Å². The Bertz CT molecular complexity index is 742. The highest BCUT2D eigenvalue weighted by Crippen LogP contribution is 2.20. The van der Waals surface area contributed by atoms with Gasteiger partial charge in [-0.25, -0.2) is 13.4 Å². The van der Waals surface area contributed by atoms with Crippen molar-refractivity contribution in [1.29, 1.82) is 0 Å². The third-order valence-corrected chi connectivity index (χ3v) is 4.50. The number of nitrogens with one attached hydrogen (secondary N) is 2. The van der Waals surface area contributed by atoms with Gasteiger partial charge < -0.3 is 10.1 Å². The molecule has 0 aliphatic carbocycles. The van der Waals surface area contributed by atoms with Crippen molar-refractivity contribution in [3.63, 3.8) is 0 Å². The zero-order valence-corrected chi connectivity index (χ0v) is 14.9. The molecule has 1 aromatic carbocycles. The Morgan fingerprint density at radius 3 is 2.29 bits per heavy atom. The summed E-state index contributed by atoms with van der Waals surface area (Å²) in [5, 5.41) is 3.16. The van der Waals surface area contributed by atoms with Crippen LogP contribution in [0, 0.1) is 0 Å². The highest BCUT2D eigenvalue weighted by molar-refractivity contribution is 7.92. The first kappa shape index (κ1) is 18.1. The van der Waals surface area contributed by atoms with Crippen molar-refractivity contribution in [2.45, 2.75) is 33.3 Å². The molecule has 0 saturated carbocycles. The van der Waals surface area contributed by atoms with Gasteiger partial charge in [0.2, 0.25) is 10.0 Å². The highest BCUT2D eigenvalue weighted by atomic mass is 32.2. The van der Waals surface area contributed by atoms with Gasteiger partial charge in [0, 0.05) is 5.69 Å². The van der Waals surface area contributed by atoms with Gasteiger partial charge in [-0.1, -0.05) is 6.92 Å². The Hall–Kier alpha value is -2.28. The Morgan fingerprint density at radius 1 is 1.08 bits per heavy atom. The van der Waals surface area contributed by atoms with E-state index >= 15 is 0 Å². The molecule has 6 nitrogen and oxygen atoms in total. The minimum absolute atomic E-state index is 0.0950. The summed E-state index contributed by atoms with van der Waals surface area (Å²) in [4.78, 5) is 4.22. The van der Waals surface area contributed by atoms with E-state index in [9.17, 15) is 8.42 Å². The largest absolute Gasteiger partial charge is 0.491 e. The van der Waals surface area contributed by atoms with Gasteiger partial charge in [0.1, 0.15) is 11.6 Å². The number of aromatic nitrogens is 1. The molecule has 0 fully saturated rings. The van der Waals surface area contributed by atoms with Crippen molar-refractivity contribution in [2.75, 3.05) is 15.8 Å². The molecule has 130 valence electrons. The molecule has 0 spiro atoms. The first-order chi connectivity index (χ1) is 11.4. The second kappa shape index (κ2) is 8.01. The molecule has 2 aromatic rings. The van der Waals surface area contributed by atoms with Crippen LogP contribution in [-0.4, -0.2) is 25.3 Å². The molecule has 0 bridgehead atoms. The summed E-state index contributed by atoms with van der Waals surface area (Å²) in [6.45, 7) is 5.78. The van der Waals surface area contributed by atoms with E-state index in [1.54, 1.807) is 12.1 Å². The van der Waals surface area contributed by atoms with Gasteiger partial charge in [0.05, 0.1) is 23.7 Å². The number of hydrogen-bond donors (Lipinski definition) is 2. The van der Waals surface area contributed by atoms with Crippen LogP contribution in [0.4, 0.5) is 17.2 Å². The summed E-state index contributed by atoms with van der Waals surface area (Å²) in [6, 6.07) is 11.0. The molecule has 0 atom stereocenters. The van der Waals surface area contributed by atoms with Gasteiger partial charge in [-0.05, 0) is 56.7 Å². The van der Waals surface area contributed by atoms with E-state index in [1.807, 2.05) is 45.0 Å². The van der Waals surface area contributed by atoms with E-state index in [-0.39, 0.29) is 11.9 Å². The lowest BCUT2D eigenvalue weighted by molar-refractivity contribution is 0.242. The second-order valence-electron chi connectivity index (χ2n) is 5.67. The molecule has 0 amide bonds. The molecule has 1 aromatic heterocycles. The van der Waals surface area contributed by atoms with Gasteiger partial charge >= 0.3 is 0 Å². The Balaban J connectivity index is 1.98. The average Bonchev–Trinajstić information content (AvgIpc) is 2.50. The van der Waals surface area contributed by atoms with E-state index in [0.29, 0.717) is 17.9 Å². The van der Waals surface area contributed by atoms with Crippen LogP contribution in [0.3, 0.4) is 0 Å². The Labute approximate surface area is 143 Å². The molecule has 0 saturated heterocycles. The maximum Gasteiger partial charge on any atom is 0.232 e. The third-order valence-electron chi connectivity index (χ3n) is 3.01. The fourth-order valence-corrected chi connectivity index (χ4v) is 3.18. The van der Waals surface area contributed by atoms with E-state index in [0.717, 1.165) is 11.4 Å². The topological polar surface area (TPSA) is 80.3 Å². The number of sulfonamides is 1. The zero-order chi connectivity index (χ0) is 17.6. The van der Waals surface area contributed by atoms with Gasteiger partial charge in [0.15, 0.2) is 0 Å². The van der Waals surface area contributed by atoms with Gasteiger partial charge in [-0.3, -0.25) is 4.72 Å². The van der Waals surface area contributed by atoms with Crippen molar-refractivity contribution < 1.29 is 13.2 Å². The lowest BCUT2D eigenvalue weighted by Crippen LogP contribution is -2.16. The van der Waals surface area contributed by atoms with Crippen molar-refractivity contribution in [2.24, 2.45) is 0 Å². The maximum atomic E-state index is 11.7. The predicted molar refractivity (Wildman–Crippen MR) is 97.4 cm³/mol. The fourth-order valence-electron chi connectivity index (χ4n) is 2.06. The normalized spacial score (nSPS) is 11.3. The van der Waals surface area contributed by atoms with E-state index < -0.39 is 10.0 Å². The number of anilines is 3. The summed E-state index contributed by atoms with van der Waals surface area (Å²) < 4.78 is 31.5. The lowest BCUT2D eigenvalue weighted by Gasteiger charge is -2.11. The molecular weight excluding hydrogens is 326 g/mol. The van der Waals surface area contributed by atoms with E-state index in [2.05, 4.69) is 15.0 Å². The smallest absolute Gasteiger partial charge is 0.232 e. The molecule has 2 rings (SSSR count). The first-order valence-corrected chi connectivity index (χ1v) is 9.53. The van der Waals surface area contributed by atoms with Crippen LogP contribution in [0.2, 0.25) is 0 Å². The van der Waals surface area contributed by atoms with Crippen molar-refractivity contribution >= 4 is 27.2 Å². The Morgan fingerprint density at radius 2 is 1.75 bits per heavy atom. The van der Waals surface area contributed by atoms with Crippen LogP contribution in [0.15, 0.2) is 42.6 Å². The number of nitrogens with zero attached hydrogens (tertiary/aromatic N) is 1. The number of benzene rings is 1. The molecule has 7 heteroatoms. The summed E-state index contributed by atoms with van der Waals surface area (Å²) in [7, 11) is -3.30. The first-order valence-electron chi connectivity index (χ1n) is 7.88. The minimum atomic E-state index is -3.30. The van der Waals surface area contributed by atoms with Gasteiger partial charge in [-0.2, -0.15) is 0 Å². The van der Waals surface area contributed by atoms with E-state index in [4.69, 9.17) is 4.74 Å². The third kappa shape index (κ3) is 5.73. The highest BCUT2D eigenvalue weighted by Gasteiger charge is 2.08.